The Morgan fingerprint density at radius 1 is 1.37 bits per heavy atom. The van der Waals surface area contributed by atoms with Gasteiger partial charge >= 0.3 is 0 Å². The predicted molar refractivity (Wildman–Crippen MR) is 83.1 cm³/mol. The van der Waals surface area contributed by atoms with Crippen LogP contribution in [0, 0.1) is 12.8 Å². The molecular formula is C15H21N3S. The van der Waals surface area contributed by atoms with E-state index in [1.54, 1.807) is 11.3 Å². The van der Waals surface area contributed by atoms with E-state index in [0.29, 0.717) is 0 Å². The van der Waals surface area contributed by atoms with Gasteiger partial charge in [0.15, 0.2) is 0 Å². The quantitative estimate of drug-likeness (QED) is 0.931. The summed E-state index contributed by atoms with van der Waals surface area (Å²) >= 11 is 1.77. The fraction of sp³-hybridized carbons (Fsp3) is 0.533. The van der Waals surface area contributed by atoms with Crippen LogP contribution in [0.4, 0.5) is 5.69 Å². The summed E-state index contributed by atoms with van der Waals surface area (Å²) in [5.41, 5.74) is 2.35. The first-order chi connectivity index (χ1) is 9.20. The molecule has 0 atom stereocenters. The number of piperidine rings is 1. The molecule has 19 heavy (non-hydrogen) atoms. The fourth-order valence-corrected chi connectivity index (χ4v) is 3.54. The maximum Gasteiger partial charge on any atom is 0.0907 e. The molecule has 0 saturated carbocycles. The molecule has 0 amide bonds. The number of fused-ring (bicyclic) bond motifs is 1. The average Bonchev–Trinajstić information content (AvgIpc) is 2.77. The lowest BCUT2D eigenvalue weighted by Crippen LogP contribution is -2.32. The number of hydrogen-bond acceptors (Lipinski definition) is 4. The van der Waals surface area contributed by atoms with E-state index in [1.165, 1.54) is 36.3 Å². The molecule has 1 fully saturated rings. The Kier molecular flexibility index (Phi) is 3.71. The average molecular weight is 275 g/mol. The third-order valence-corrected chi connectivity index (χ3v) is 4.86. The Morgan fingerprint density at radius 3 is 2.95 bits per heavy atom. The third kappa shape index (κ3) is 3.07. The van der Waals surface area contributed by atoms with Gasteiger partial charge in [0.05, 0.1) is 15.2 Å². The van der Waals surface area contributed by atoms with E-state index in [9.17, 15) is 0 Å². The highest BCUT2D eigenvalue weighted by Crippen LogP contribution is 2.25. The van der Waals surface area contributed by atoms with Gasteiger partial charge in [-0.25, -0.2) is 4.98 Å². The summed E-state index contributed by atoms with van der Waals surface area (Å²) in [6.07, 6.45) is 2.62. The van der Waals surface area contributed by atoms with Crippen LogP contribution >= 0.6 is 11.3 Å². The number of hydrogen-bond donors (Lipinski definition) is 1. The molecule has 0 radical (unpaired) electrons. The fourth-order valence-electron chi connectivity index (χ4n) is 2.68. The van der Waals surface area contributed by atoms with Crippen LogP contribution in [-0.2, 0) is 0 Å². The van der Waals surface area contributed by atoms with Gasteiger partial charge < -0.3 is 10.2 Å². The summed E-state index contributed by atoms with van der Waals surface area (Å²) in [7, 11) is 2.21. The van der Waals surface area contributed by atoms with Crippen LogP contribution in [0.2, 0.25) is 0 Å². The van der Waals surface area contributed by atoms with Crippen molar-refractivity contribution in [2.45, 2.75) is 19.8 Å². The van der Waals surface area contributed by atoms with E-state index < -0.39 is 0 Å². The molecule has 2 heterocycles. The molecule has 1 aromatic carbocycles. The van der Waals surface area contributed by atoms with Crippen LogP contribution in [0.5, 0.6) is 0 Å². The zero-order chi connectivity index (χ0) is 13.2. The van der Waals surface area contributed by atoms with E-state index in [0.717, 1.165) is 23.0 Å². The number of aryl methyl sites for hydroxylation is 1. The van der Waals surface area contributed by atoms with Gasteiger partial charge in [0.2, 0.25) is 0 Å². The van der Waals surface area contributed by atoms with Gasteiger partial charge in [0, 0.05) is 12.2 Å². The smallest absolute Gasteiger partial charge is 0.0907 e. The monoisotopic (exact) mass is 275 g/mol. The van der Waals surface area contributed by atoms with Crippen LogP contribution in [0.1, 0.15) is 17.8 Å². The van der Waals surface area contributed by atoms with Crippen molar-refractivity contribution < 1.29 is 0 Å². The topological polar surface area (TPSA) is 28.2 Å². The lowest BCUT2D eigenvalue weighted by atomic mass is 9.97. The van der Waals surface area contributed by atoms with E-state index in [2.05, 4.69) is 47.4 Å². The summed E-state index contributed by atoms with van der Waals surface area (Å²) in [6.45, 7) is 5.63. The van der Waals surface area contributed by atoms with Crippen molar-refractivity contribution in [1.82, 2.24) is 9.88 Å². The Labute approximate surface area is 118 Å². The molecule has 1 saturated heterocycles. The minimum atomic E-state index is 0.815. The van der Waals surface area contributed by atoms with Crippen LogP contribution in [-0.4, -0.2) is 36.6 Å². The molecular weight excluding hydrogens is 254 g/mol. The first kappa shape index (κ1) is 12.9. The van der Waals surface area contributed by atoms with Gasteiger partial charge in [-0.3, -0.25) is 0 Å². The molecule has 3 nitrogen and oxygen atoms in total. The molecule has 2 aromatic rings. The third-order valence-electron chi connectivity index (χ3n) is 3.93. The number of benzene rings is 1. The lowest BCUT2D eigenvalue weighted by Gasteiger charge is -2.29. The normalized spacial score (nSPS) is 18.0. The van der Waals surface area contributed by atoms with E-state index in [-0.39, 0.29) is 0 Å². The minimum Gasteiger partial charge on any atom is -0.385 e. The van der Waals surface area contributed by atoms with E-state index >= 15 is 0 Å². The number of nitrogens with zero attached hydrogens (tertiary/aromatic N) is 2. The Balaban J connectivity index is 1.61. The molecule has 4 heteroatoms. The molecule has 1 aromatic heterocycles. The zero-order valence-corrected chi connectivity index (χ0v) is 12.5. The van der Waals surface area contributed by atoms with E-state index in [4.69, 9.17) is 0 Å². The number of nitrogens with one attached hydrogen (secondary N) is 1. The van der Waals surface area contributed by atoms with Gasteiger partial charge in [-0.1, -0.05) is 0 Å². The summed E-state index contributed by atoms with van der Waals surface area (Å²) in [5, 5.41) is 4.73. The van der Waals surface area contributed by atoms with Crippen molar-refractivity contribution in [1.29, 1.82) is 0 Å². The molecule has 0 spiro atoms. The summed E-state index contributed by atoms with van der Waals surface area (Å²) in [6, 6.07) is 6.50. The molecule has 1 N–H and O–H groups in total. The van der Waals surface area contributed by atoms with Gasteiger partial charge in [0.25, 0.3) is 0 Å². The van der Waals surface area contributed by atoms with Crippen LogP contribution in [0.15, 0.2) is 18.2 Å². The first-order valence-electron chi connectivity index (χ1n) is 7.00. The lowest BCUT2D eigenvalue weighted by molar-refractivity contribution is 0.226. The van der Waals surface area contributed by atoms with Gasteiger partial charge in [-0.15, -0.1) is 11.3 Å². The Hall–Kier alpha value is -1.13. The maximum atomic E-state index is 4.50. The first-order valence-corrected chi connectivity index (χ1v) is 7.82. The van der Waals surface area contributed by atoms with Gasteiger partial charge in [-0.05, 0) is 64.0 Å². The largest absolute Gasteiger partial charge is 0.385 e. The second kappa shape index (κ2) is 5.47. The Bertz CT molecular complexity index is 556. The highest BCUT2D eigenvalue weighted by molar-refractivity contribution is 7.18. The second-order valence-corrected chi connectivity index (χ2v) is 6.78. The second-order valence-electron chi connectivity index (χ2n) is 5.54. The predicted octanol–water partition coefficient (Wildman–Crippen LogP) is 3.36. The molecule has 102 valence electrons. The van der Waals surface area contributed by atoms with Crippen molar-refractivity contribution in [3.8, 4) is 0 Å². The summed E-state index contributed by atoms with van der Waals surface area (Å²) in [5.74, 6) is 0.815. The number of rotatable bonds is 3. The van der Waals surface area contributed by atoms with Crippen molar-refractivity contribution in [3.05, 3.63) is 23.2 Å². The summed E-state index contributed by atoms with van der Waals surface area (Å²) in [4.78, 5) is 6.92. The van der Waals surface area contributed by atoms with Gasteiger partial charge in [0.1, 0.15) is 0 Å². The van der Waals surface area contributed by atoms with Gasteiger partial charge in [-0.2, -0.15) is 0 Å². The maximum absolute atomic E-state index is 4.50. The minimum absolute atomic E-state index is 0.815. The van der Waals surface area contributed by atoms with Crippen LogP contribution < -0.4 is 5.32 Å². The van der Waals surface area contributed by atoms with Crippen molar-refractivity contribution in [2.24, 2.45) is 5.92 Å². The Morgan fingerprint density at radius 2 is 2.16 bits per heavy atom. The highest BCUT2D eigenvalue weighted by atomic mass is 32.1. The number of thiazole rings is 1. The molecule has 1 aliphatic rings. The standard InChI is InChI=1S/C15H21N3S/c1-11-17-14-4-3-13(9-15(14)19-11)16-10-12-5-7-18(2)8-6-12/h3-4,9,12,16H,5-8,10H2,1-2H3. The number of aromatic nitrogens is 1. The van der Waals surface area contributed by atoms with Crippen molar-refractivity contribution in [3.63, 3.8) is 0 Å². The SMILES string of the molecule is Cc1nc2ccc(NCC3CCN(C)CC3)cc2s1. The highest BCUT2D eigenvalue weighted by Gasteiger charge is 2.16. The number of anilines is 1. The molecule has 3 rings (SSSR count). The summed E-state index contributed by atoms with van der Waals surface area (Å²) < 4.78 is 1.28. The zero-order valence-electron chi connectivity index (χ0n) is 11.6. The van der Waals surface area contributed by atoms with Crippen molar-refractivity contribution in [2.75, 3.05) is 32.0 Å². The molecule has 0 unspecified atom stereocenters. The molecule has 1 aliphatic heterocycles. The number of likely N-dealkylation sites (tertiary alicyclic amines) is 1. The molecule has 0 aliphatic carbocycles. The van der Waals surface area contributed by atoms with Crippen LogP contribution in [0.25, 0.3) is 10.2 Å². The molecule has 0 bridgehead atoms. The van der Waals surface area contributed by atoms with Crippen molar-refractivity contribution >= 4 is 27.2 Å². The van der Waals surface area contributed by atoms with Crippen LogP contribution in [0.3, 0.4) is 0 Å². The van der Waals surface area contributed by atoms with E-state index in [1.807, 2.05) is 0 Å².